The molecule has 4 N–H and O–H groups in total. The molecule has 3 rings (SSSR count). The van der Waals surface area contributed by atoms with Crippen molar-refractivity contribution in [2.75, 3.05) is 11.9 Å². The number of esters is 1. The number of anilines is 1. The zero-order chi connectivity index (χ0) is 15.9. The van der Waals surface area contributed by atoms with E-state index in [4.69, 9.17) is 9.88 Å². The number of aromatic amines is 1. The van der Waals surface area contributed by atoms with Crippen molar-refractivity contribution in [3.05, 3.63) is 35.7 Å². The Morgan fingerprint density at radius 2 is 2.18 bits per heavy atom. The van der Waals surface area contributed by atoms with E-state index in [2.05, 4.69) is 10.3 Å². The average molecular weight is 321 g/mol. The van der Waals surface area contributed by atoms with Crippen LogP contribution in [0.25, 0.3) is 11.1 Å². The molecule has 0 spiro atoms. The first-order valence-electron chi connectivity index (χ1n) is 6.70. The first-order chi connectivity index (χ1) is 10.4. The van der Waals surface area contributed by atoms with Gasteiger partial charge in [0.1, 0.15) is 0 Å². The van der Waals surface area contributed by atoms with Gasteiger partial charge in [0.15, 0.2) is 0 Å². The van der Waals surface area contributed by atoms with Crippen LogP contribution in [-0.2, 0) is 21.3 Å². The van der Waals surface area contributed by atoms with E-state index in [9.17, 15) is 13.2 Å². The SMILES string of the molecule is CCOC(=O)c1c[nH]c2c1-c1cc(S(N)(=O)=O)ccc1NC2. The summed E-state index contributed by atoms with van der Waals surface area (Å²) in [4.78, 5) is 15.1. The van der Waals surface area contributed by atoms with Crippen LogP contribution in [0.5, 0.6) is 0 Å². The van der Waals surface area contributed by atoms with Gasteiger partial charge in [-0.05, 0) is 25.1 Å². The normalized spacial score (nSPS) is 13.0. The predicted octanol–water partition coefficient (Wildman–Crippen LogP) is 1.43. The van der Waals surface area contributed by atoms with Crippen molar-refractivity contribution in [2.45, 2.75) is 18.4 Å². The maximum Gasteiger partial charge on any atom is 0.340 e. The Labute approximate surface area is 127 Å². The highest BCUT2D eigenvalue weighted by atomic mass is 32.2. The molecule has 1 aliphatic heterocycles. The molecular formula is C14H15N3O4S. The van der Waals surface area contributed by atoms with Gasteiger partial charge in [-0.1, -0.05) is 0 Å². The largest absolute Gasteiger partial charge is 0.462 e. The van der Waals surface area contributed by atoms with Crippen molar-refractivity contribution in [2.24, 2.45) is 5.14 Å². The summed E-state index contributed by atoms with van der Waals surface area (Å²) in [6.45, 7) is 2.50. The number of carbonyl (C=O) groups is 1. The molecule has 0 atom stereocenters. The number of sulfonamides is 1. The lowest BCUT2D eigenvalue weighted by atomic mass is 9.96. The number of ether oxygens (including phenoxy) is 1. The van der Waals surface area contributed by atoms with Crippen LogP contribution in [0.4, 0.5) is 5.69 Å². The number of nitrogens with one attached hydrogen (secondary N) is 2. The van der Waals surface area contributed by atoms with Gasteiger partial charge in [-0.2, -0.15) is 0 Å². The van der Waals surface area contributed by atoms with Crippen LogP contribution >= 0.6 is 0 Å². The van der Waals surface area contributed by atoms with E-state index < -0.39 is 16.0 Å². The molecule has 0 amide bonds. The van der Waals surface area contributed by atoms with E-state index in [0.717, 1.165) is 11.4 Å². The fraction of sp³-hybridized carbons (Fsp3) is 0.214. The highest BCUT2D eigenvalue weighted by Crippen LogP contribution is 2.39. The molecule has 22 heavy (non-hydrogen) atoms. The molecule has 1 aromatic carbocycles. The number of nitrogens with two attached hydrogens (primary N) is 1. The molecule has 2 heterocycles. The highest BCUT2D eigenvalue weighted by molar-refractivity contribution is 7.89. The van der Waals surface area contributed by atoms with Gasteiger partial charge in [0, 0.05) is 28.7 Å². The molecule has 1 aliphatic rings. The summed E-state index contributed by atoms with van der Waals surface area (Å²) in [5, 5.41) is 8.35. The third-order valence-electron chi connectivity index (χ3n) is 3.50. The second-order valence-corrected chi connectivity index (χ2v) is 6.44. The van der Waals surface area contributed by atoms with Gasteiger partial charge in [-0.25, -0.2) is 18.4 Å². The Hall–Kier alpha value is -2.32. The lowest BCUT2D eigenvalue weighted by molar-refractivity contribution is 0.0527. The Morgan fingerprint density at radius 3 is 2.86 bits per heavy atom. The summed E-state index contributed by atoms with van der Waals surface area (Å²) in [6.07, 6.45) is 1.57. The average Bonchev–Trinajstić information content (AvgIpc) is 2.90. The summed E-state index contributed by atoms with van der Waals surface area (Å²) in [5.74, 6) is -0.450. The number of aromatic nitrogens is 1. The van der Waals surface area contributed by atoms with Crippen molar-refractivity contribution in [1.82, 2.24) is 4.98 Å². The summed E-state index contributed by atoms with van der Waals surface area (Å²) in [7, 11) is -3.82. The third-order valence-corrected chi connectivity index (χ3v) is 4.41. The Bertz CT molecular complexity index is 855. The number of hydrogen-bond acceptors (Lipinski definition) is 5. The Balaban J connectivity index is 2.19. The molecule has 7 nitrogen and oxygen atoms in total. The summed E-state index contributed by atoms with van der Waals surface area (Å²) in [5.41, 5.74) is 3.17. The summed E-state index contributed by atoms with van der Waals surface area (Å²) in [6, 6.07) is 4.54. The molecule has 8 heteroatoms. The minimum absolute atomic E-state index is 0.00286. The monoisotopic (exact) mass is 321 g/mol. The van der Waals surface area contributed by atoms with E-state index >= 15 is 0 Å². The van der Waals surface area contributed by atoms with Crippen LogP contribution in [0.2, 0.25) is 0 Å². The molecule has 0 unspecified atom stereocenters. The molecule has 0 saturated carbocycles. The van der Waals surface area contributed by atoms with Crippen LogP contribution < -0.4 is 10.5 Å². The molecule has 0 saturated heterocycles. The van der Waals surface area contributed by atoms with Crippen molar-refractivity contribution in [3.63, 3.8) is 0 Å². The molecule has 0 fully saturated rings. The van der Waals surface area contributed by atoms with Gasteiger partial charge in [-0.3, -0.25) is 0 Å². The zero-order valence-corrected chi connectivity index (χ0v) is 12.7. The number of hydrogen-bond donors (Lipinski definition) is 3. The van der Waals surface area contributed by atoms with Gasteiger partial charge < -0.3 is 15.0 Å². The molecule has 2 aromatic rings. The number of primary sulfonamides is 1. The molecule has 116 valence electrons. The van der Waals surface area contributed by atoms with Crippen LogP contribution in [0, 0.1) is 0 Å². The highest BCUT2D eigenvalue weighted by Gasteiger charge is 2.26. The number of rotatable bonds is 3. The van der Waals surface area contributed by atoms with E-state index in [0.29, 0.717) is 23.2 Å². The lowest BCUT2D eigenvalue weighted by Gasteiger charge is -2.20. The van der Waals surface area contributed by atoms with E-state index in [1.165, 1.54) is 12.1 Å². The standard InChI is InChI=1S/C14H15N3O4S/c1-2-21-14(18)10-6-16-12-7-17-11-4-3-8(22(15,19)20)5-9(11)13(10)12/h3-6,16-17H,2,7H2,1H3,(H2,15,19,20). The molecular weight excluding hydrogens is 306 g/mol. The van der Waals surface area contributed by atoms with Crippen molar-refractivity contribution in [1.29, 1.82) is 0 Å². The van der Waals surface area contributed by atoms with Crippen LogP contribution in [-0.4, -0.2) is 26.0 Å². The zero-order valence-electron chi connectivity index (χ0n) is 11.8. The Kier molecular flexibility index (Phi) is 3.42. The number of carbonyl (C=O) groups excluding carboxylic acids is 1. The molecule has 1 aromatic heterocycles. The van der Waals surface area contributed by atoms with Gasteiger partial charge in [0.2, 0.25) is 10.0 Å². The van der Waals surface area contributed by atoms with E-state index in [-0.39, 0.29) is 11.5 Å². The summed E-state index contributed by atoms with van der Waals surface area (Å²) >= 11 is 0. The van der Waals surface area contributed by atoms with Crippen LogP contribution in [0.15, 0.2) is 29.3 Å². The van der Waals surface area contributed by atoms with Crippen LogP contribution in [0.1, 0.15) is 23.0 Å². The van der Waals surface area contributed by atoms with Crippen molar-refractivity contribution < 1.29 is 17.9 Å². The number of benzene rings is 1. The van der Waals surface area contributed by atoms with Crippen molar-refractivity contribution in [3.8, 4) is 11.1 Å². The van der Waals surface area contributed by atoms with Gasteiger partial charge in [-0.15, -0.1) is 0 Å². The molecule has 0 aliphatic carbocycles. The van der Waals surface area contributed by atoms with Gasteiger partial charge in [0.05, 0.1) is 23.6 Å². The molecule has 0 bridgehead atoms. The topological polar surface area (TPSA) is 114 Å². The second-order valence-electron chi connectivity index (χ2n) is 4.88. The maximum absolute atomic E-state index is 12.1. The van der Waals surface area contributed by atoms with E-state index in [1.54, 1.807) is 19.2 Å². The van der Waals surface area contributed by atoms with Crippen molar-refractivity contribution >= 4 is 21.7 Å². The lowest BCUT2D eigenvalue weighted by Crippen LogP contribution is -2.15. The molecule has 0 radical (unpaired) electrons. The minimum Gasteiger partial charge on any atom is -0.462 e. The van der Waals surface area contributed by atoms with Gasteiger partial charge >= 0.3 is 5.97 Å². The Morgan fingerprint density at radius 1 is 1.41 bits per heavy atom. The summed E-state index contributed by atoms with van der Waals surface area (Å²) < 4.78 is 28.1. The minimum atomic E-state index is -3.82. The van der Waals surface area contributed by atoms with Crippen LogP contribution in [0.3, 0.4) is 0 Å². The first kappa shape index (κ1) is 14.6. The quantitative estimate of drug-likeness (QED) is 0.740. The smallest absolute Gasteiger partial charge is 0.340 e. The predicted molar refractivity (Wildman–Crippen MR) is 80.9 cm³/mol. The second kappa shape index (κ2) is 5.15. The van der Waals surface area contributed by atoms with E-state index in [1.807, 2.05) is 0 Å². The first-order valence-corrected chi connectivity index (χ1v) is 8.25. The fourth-order valence-electron chi connectivity index (χ4n) is 2.53. The number of fused-ring (bicyclic) bond motifs is 3. The maximum atomic E-state index is 12.1. The fourth-order valence-corrected chi connectivity index (χ4v) is 3.07. The van der Waals surface area contributed by atoms with Gasteiger partial charge in [0.25, 0.3) is 0 Å². The third kappa shape index (κ3) is 2.36. The number of H-pyrrole nitrogens is 1.